The number of aromatic nitrogens is 1. The molecule has 1 saturated carbocycles. The van der Waals surface area contributed by atoms with Crippen molar-refractivity contribution in [3.8, 4) is 0 Å². The van der Waals surface area contributed by atoms with Gasteiger partial charge in [-0.15, -0.1) is 0 Å². The molecule has 1 aliphatic rings. The third-order valence-corrected chi connectivity index (χ3v) is 4.16. The summed E-state index contributed by atoms with van der Waals surface area (Å²) in [7, 11) is 0. The average Bonchev–Trinajstić information content (AvgIpc) is 3.13. The lowest BCUT2D eigenvalue weighted by atomic mass is 9.96. The molecular formula is C15H18N2O. The highest BCUT2D eigenvalue weighted by Crippen LogP contribution is 2.59. The van der Waals surface area contributed by atoms with Gasteiger partial charge in [-0.25, -0.2) is 0 Å². The molecule has 18 heavy (non-hydrogen) atoms. The van der Waals surface area contributed by atoms with Crippen LogP contribution in [0, 0.1) is 12.3 Å². The highest BCUT2D eigenvalue weighted by Gasteiger charge is 2.53. The summed E-state index contributed by atoms with van der Waals surface area (Å²) in [6.07, 6.45) is 0.980. The fraction of sp³-hybridized carbons (Fsp3) is 0.400. The van der Waals surface area contributed by atoms with Crippen LogP contribution in [0.3, 0.4) is 0 Å². The molecule has 1 aliphatic carbocycles. The molecule has 0 amide bonds. The Labute approximate surface area is 107 Å². The number of hydrogen-bond donors (Lipinski definition) is 2. The summed E-state index contributed by atoms with van der Waals surface area (Å²) in [5.74, 6) is 0.374. The molecule has 3 rings (SSSR count). The molecule has 0 spiro atoms. The number of benzene rings is 1. The molecule has 3 N–H and O–H groups in total. The number of pyridine rings is 1. The second-order valence-electron chi connectivity index (χ2n) is 5.35. The quantitative estimate of drug-likeness (QED) is 0.865. The van der Waals surface area contributed by atoms with Crippen molar-refractivity contribution < 1.29 is 5.11 Å². The fourth-order valence-corrected chi connectivity index (χ4v) is 2.88. The van der Waals surface area contributed by atoms with E-state index in [0.717, 1.165) is 17.6 Å². The Bertz CT molecular complexity index is 590. The topological polar surface area (TPSA) is 59.1 Å². The van der Waals surface area contributed by atoms with Crippen molar-refractivity contribution in [3.05, 3.63) is 41.6 Å². The summed E-state index contributed by atoms with van der Waals surface area (Å²) in [6.45, 7) is 2.73. The second-order valence-corrected chi connectivity index (χ2v) is 5.35. The summed E-state index contributed by atoms with van der Waals surface area (Å²) >= 11 is 0. The summed E-state index contributed by atoms with van der Waals surface area (Å²) in [5, 5.41) is 10.7. The van der Waals surface area contributed by atoms with Crippen LogP contribution in [0.5, 0.6) is 0 Å². The van der Waals surface area contributed by atoms with Crippen molar-refractivity contribution in [2.75, 3.05) is 13.2 Å². The van der Waals surface area contributed by atoms with E-state index < -0.39 is 0 Å². The molecule has 94 valence electrons. The fourth-order valence-electron chi connectivity index (χ4n) is 2.88. The van der Waals surface area contributed by atoms with Crippen LogP contribution >= 0.6 is 0 Å². The zero-order valence-electron chi connectivity index (χ0n) is 10.6. The van der Waals surface area contributed by atoms with E-state index in [4.69, 9.17) is 5.73 Å². The normalized spacial score (nSPS) is 26.5. The maximum Gasteiger partial charge on any atom is 0.0708 e. The maximum absolute atomic E-state index is 9.53. The number of rotatable bonds is 3. The minimum absolute atomic E-state index is 0.101. The van der Waals surface area contributed by atoms with Gasteiger partial charge in [-0.3, -0.25) is 4.98 Å². The molecule has 3 nitrogen and oxygen atoms in total. The first kappa shape index (κ1) is 11.6. The molecule has 0 bridgehead atoms. The number of nitrogens with two attached hydrogens (primary N) is 1. The van der Waals surface area contributed by atoms with Gasteiger partial charge in [0.25, 0.3) is 0 Å². The largest absolute Gasteiger partial charge is 0.396 e. The molecule has 1 heterocycles. The lowest BCUT2D eigenvalue weighted by molar-refractivity contribution is 0.212. The van der Waals surface area contributed by atoms with E-state index in [1.807, 2.05) is 25.1 Å². The van der Waals surface area contributed by atoms with Crippen LogP contribution < -0.4 is 5.73 Å². The minimum atomic E-state index is -0.101. The first-order valence-corrected chi connectivity index (χ1v) is 6.37. The zero-order chi connectivity index (χ0) is 12.8. The van der Waals surface area contributed by atoms with E-state index in [9.17, 15) is 5.11 Å². The Morgan fingerprint density at radius 3 is 2.89 bits per heavy atom. The van der Waals surface area contributed by atoms with Crippen LogP contribution in [-0.4, -0.2) is 23.2 Å². The monoisotopic (exact) mass is 242 g/mol. The van der Waals surface area contributed by atoms with Crippen LogP contribution in [0.15, 0.2) is 30.3 Å². The average molecular weight is 242 g/mol. The van der Waals surface area contributed by atoms with Gasteiger partial charge in [-0.2, -0.15) is 0 Å². The van der Waals surface area contributed by atoms with Crippen LogP contribution in [-0.2, 0) is 0 Å². The molecule has 2 atom stereocenters. The molecule has 3 heteroatoms. The Hall–Kier alpha value is -1.45. The van der Waals surface area contributed by atoms with Crippen molar-refractivity contribution in [3.63, 3.8) is 0 Å². The predicted molar refractivity (Wildman–Crippen MR) is 72.4 cm³/mol. The van der Waals surface area contributed by atoms with Gasteiger partial charge in [-0.05, 0) is 37.0 Å². The maximum atomic E-state index is 9.53. The third kappa shape index (κ3) is 1.62. The van der Waals surface area contributed by atoms with Crippen LogP contribution in [0.2, 0.25) is 0 Å². The molecule has 1 aromatic carbocycles. The lowest BCUT2D eigenvalue weighted by Gasteiger charge is -2.13. The SMILES string of the molecule is Cc1cc(C2CC2(CN)CO)c2ccccc2n1. The van der Waals surface area contributed by atoms with Gasteiger partial charge in [0.1, 0.15) is 0 Å². The molecule has 0 saturated heterocycles. The molecule has 2 aromatic rings. The first-order chi connectivity index (χ1) is 8.70. The molecule has 1 aromatic heterocycles. The molecule has 0 aliphatic heterocycles. The van der Waals surface area contributed by atoms with E-state index in [1.54, 1.807) is 0 Å². The summed E-state index contributed by atoms with van der Waals surface area (Å²) in [6, 6.07) is 10.3. The predicted octanol–water partition coefficient (Wildman–Crippen LogP) is 1.97. The van der Waals surface area contributed by atoms with Gasteiger partial charge >= 0.3 is 0 Å². The number of fused-ring (bicyclic) bond motifs is 1. The number of aryl methyl sites for hydroxylation is 1. The number of hydrogen-bond acceptors (Lipinski definition) is 3. The highest BCUT2D eigenvalue weighted by molar-refractivity contribution is 5.83. The van der Waals surface area contributed by atoms with Crippen LogP contribution in [0.1, 0.15) is 23.6 Å². The number of aliphatic hydroxyl groups excluding tert-OH is 1. The van der Waals surface area contributed by atoms with E-state index in [0.29, 0.717) is 12.5 Å². The molecule has 1 fully saturated rings. The summed E-state index contributed by atoms with van der Waals surface area (Å²) in [4.78, 5) is 4.55. The van der Waals surface area contributed by atoms with Crippen molar-refractivity contribution in [2.24, 2.45) is 11.1 Å². The van der Waals surface area contributed by atoms with Gasteiger partial charge in [0.05, 0.1) is 12.1 Å². The van der Waals surface area contributed by atoms with Gasteiger partial charge in [-0.1, -0.05) is 18.2 Å². The third-order valence-electron chi connectivity index (χ3n) is 4.16. The van der Waals surface area contributed by atoms with Crippen LogP contribution in [0.25, 0.3) is 10.9 Å². The standard InChI is InChI=1S/C15H18N2O/c1-10-6-12(13-7-15(13,8-16)9-18)11-4-2-3-5-14(11)17-10/h2-6,13,18H,7-9,16H2,1H3. The van der Waals surface area contributed by atoms with Crippen molar-refractivity contribution in [1.82, 2.24) is 4.98 Å². The molecule has 2 unspecified atom stereocenters. The smallest absolute Gasteiger partial charge is 0.0708 e. The van der Waals surface area contributed by atoms with E-state index in [-0.39, 0.29) is 12.0 Å². The van der Waals surface area contributed by atoms with Crippen molar-refractivity contribution in [1.29, 1.82) is 0 Å². The van der Waals surface area contributed by atoms with Gasteiger partial charge in [0.15, 0.2) is 0 Å². The number of nitrogens with zero attached hydrogens (tertiary/aromatic N) is 1. The molecule has 0 radical (unpaired) electrons. The Morgan fingerprint density at radius 2 is 2.22 bits per heavy atom. The summed E-state index contributed by atoms with van der Waals surface area (Å²) < 4.78 is 0. The Morgan fingerprint density at radius 1 is 1.44 bits per heavy atom. The first-order valence-electron chi connectivity index (χ1n) is 6.37. The minimum Gasteiger partial charge on any atom is -0.396 e. The van der Waals surface area contributed by atoms with Crippen LogP contribution in [0.4, 0.5) is 0 Å². The van der Waals surface area contributed by atoms with Gasteiger partial charge in [0, 0.05) is 23.0 Å². The second kappa shape index (κ2) is 4.04. The van der Waals surface area contributed by atoms with E-state index in [1.165, 1.54) is 10.9 Å². The zero-order valence-corrected chi connectivity index (χ0v) is 10.6. The van der Waals surface area contributed by atoms with E-state index >= 15 is 0 Å². The van der Waals surface area contributed by atoms with Crippen molar-refractivity contribution >= 4 is 10.9 Å². The lowest BCUT2D eigenvalue weighted by Crippen LogP contribution is -2.21. The van der Waals surface area contributed by atoms with Gasteiger partial charge < -0.3 is 10.8 Å². The highest BCUT2D eigenvalue weighted by atomic mass is 16.3. The number of aliphatic hydroxyl groups is 1. The molecular weight excluding hydrogens is 224 g/mol. The Kier molecular flexibility index (Phi) is 2.61. The Balaban J connectivity index is 2.13. The van der Waals surface area contributed by atoms with E-state index in [2.05, 4.69) is 17.1 Å². The number of para-hydroxylation sites is 1. The van der Waals surface area contributed by atoms with Gasteiger partial charge in [0.2, 0.25) is 0 Å². The summed E-state index contributed by atoms with van der Waals surface area (Å²) in [5.41, 5.74) is 9.06. The van der Waals surface area contributed by atoms with Crippen molar-refractivity contribution in [2.45, 2.75) is 19.3 Å².